The molecule has 1 fully saturated rings. The Labute approximate surface area is 137 Å². The molecule has 0 N–H and O–H groups in total. The van der Waals surface area contributed by atoms with Gasteiger partial charge in [-0.05, 0) is 48.4 Å². The zero-order valence-corrected chi connectivity index (χ0v) is 13.5. The second-order valence-electron chi connectivity index (χ2n) is 6.45. The van der Waals surface area contributed by atoms with Gasteiger partial charge in [-0.2, -0.15) is 0 Å². The number of nitrogens with zero attached hydrogens (tertiary/aromatic N) is 2. The summed E-state index contributed by atoms with van der Waals surface area (Å²) in [7, 11) is 0. The Morgan fingerprint density at radius 3 is 2.52 bits per heavy atom. The largest absolute Gasteiger partial charge is 0.346 e. The van der Waals surface area contributed by atoms with Crippen LogP contribution in [0.25, 0.3) is 11.3 Å². The molecule has 3 aromatic rings. The van der Waals surface area contributed by atoms with E-state index in [4.69, 9.17) is 4.98 Å². The van der Waals surface area contributed by atoms with Gasteiger partial charge in [0.2, 0.25) is 0 Å². The van der Waals surface area contributed by atoms with Gasteiger partial charge in [-0.3, -0.25) is 4.98 Å². The highest BCUT2D eigenvalue weighted by atomic mass is 15.0. The molecule has 1 aliphatic rings. The number of pyridine rings is 1. The molecular weight excluding hydrogens is 280 g/mol. The quantitative estimate of drug-likeness (QED) is 0.640. The van der Waals surface area contributed by atoms with E-state index in [2.05, 4.69) is 72.5 Å². The fourth-order valence-electron chi connectivity index (χ4n) is 3.30. The predicted octanol–water partition coefficient (Wildman–Crippen LogP) is 5.11. The van der Waals surface area contributed by atoms with Gasteiger partial charge in [0.1, 0.15) is 0 Å². The molecule has 2 heteroatoms. The smallest absolute Gasteiger partial charge is 0.0702 e. The Morgan fingerprint density at radius 2 is 1.91 bits per heavy atom. The molecule has 1 unspecified atom stereocenters. The summed E-state index contributed by atoms with van der Waals surface area (Å²) in [5, 5.41) is 0. The summed E-state index contributed by atoms with van der Waals surface area (Å²) < 4.78 is 2.38. The lowest BCUT2D eigenvalue weighted by Gasteiger charge is -2.19. The highest BCUT2D eigenvalue weighted by Gasteiger charge is 2.33. The van der Waals surface area contributed by atoms with E-state index < -0.39 is 0 Å². The molecule has 0 saturated heterocycles. The minimum atomic E-state index is 0.438. The van der Waals surface area contributed by atoms with Gasteiger partial charge in [0.25, 0.3) is 0 Å². The van der Waals surface area contributed by atoms with Gasteiger partial charge in [-0.1, -0.05) is 43.3 Å². The number of benzene rings is 1. The average Bonchev–Trinajstić information content (AvgIpc) is 3.33. The number of hydrogen-bond acceptors (Lipinski definition) is 1. The fourth-order valence-corrected chi connectivity index (χ4v) is 3.30. The van der Waals surface area contributed by atoms with Crippen molar-refractivity contribution in [2.45, 2.75) is 32.2 Å². The third-order valence-electron chi connectivity index (χ3n) is 4.77. The molecule has 0 aliphatic heterocycles. The second kappa shape index (κ2) is 6.04. The van der Waals surface area contributed by atoms with Crippen molar-refractivity contribution in [2.24, 2.45) is 5.92 Å². The molecular formula is C21H22N2. The Morgan fingerprint density at radius 1 is 1.09 bits per heavy atom. The lowest BCUT2D eigenvalue weighted by atomic mass is 10.0. The van der Waals surface area contributed by atoms with Crippen LogP contribution in [0.1, 0.15) is 36.9 Å². The molecule has 23 heavy (non-hydrogen) atoms. The minimum Gasteiger partial charge on any atom is -0.346 e. The van der Waals surface area contributed by atoms with Crippen LogP contribution in [0.2, 0.25) is 0 Å². The van der Waals surface area contributed by atoms with Crippen LogP contribution in [0, 0.1) is 5.92 Å². The van der Waals surface area contributed by atoms with Gasteiger partial charge < -0.3 is 4.57 Å². The van der Waals surface area contributed by atoms with E-state index in [0.29, 0.717) is 6.04 Å². The maximum Gasteiger partial charge on any atom is 0.0702 e. The Bertz CT molecular complexity index is 767. The van der Waals surface area contributed by atoms with Crippen LogP contribution in [0.15, 0.2) is 67.1 Å². The first-order valence-electron chi connectivity index (χ1n) is 8.53. The first-order valence-corrected chi connectivity index (χ1v) is 8.53. The maximum atomic E-state index is 4.72. The molecule has 0 spiro atoms. The van der Waals surface area contributed by atoms with E-state index in [-0.39, 0.29) is 0 Å². The average molecular weight is 302 g/mol. The molecule has 2 aromatic heterocycles. The van der Waals surface area contributed by atoms with Crippen LogP contribution < -0.4 is 0 Å². The summed E-state index contributed by atoms with van der Waals surface area (Å²) in [6.45, 7) is 2.21. The molecule has 1 saturated carbocycles. The number of aryl methyl sites for hydroxylation is 1. The van der Waals surface area contributed by atoms with Crippen molar-refractivity contribution in [2.75, 3.05) is 0 Å². The summed E-state index contributed by atoms with van der Waals surface area (Å²) in [5.41, 5.74) is 4.96. The maximum absolute atomic E-state index is 4.72. The third-order valence-corrected chi connectivity index (χ3v) is 4.77. The molecule has 2 heterocycles. The van der Waals surface area contributed by atoms with Gasteiger partial charge in [0, 0.05) is 24.2 Å². The topological polar surface area (TPSA) is 17.8 Å². The molecule has 0 radical (unpaired) electrons. The van der Waals surface area contributed by atoms with Gasteiger partial charge in [-0.25, -0.2) is 0 Å². The molecule has 2 nitrogen and oxygen atoms in total. The Balaban J connectivity index is 1.65. The summed E-state index contributed by atoms with van der Waals surface area (Å²) >= 11 is 0. The predicted molar refractivity (Wildman–Crippen MR) is 94.3 cm³/mol. The molecule has 0 amide bonds. The highest BCUT2D eigenvalue weighted by molar-refractivity contribution is 5.58. The van der Waals surface area contributed by atoms with Gasteiger partial charge >= 0.3 is 0 Å². The van der Waals surface area contributed by atoms with Crippen LogP contribution in [0.3, 0.4) is 0 Å². The minimum absolute atomic E-state index is 0.438. The van der Waals surface area contributed by atoms with E-state index >= 15 is 0 Å². The summed E-state index contributed by atoms with van der Waals surface area (Å²) in [5.74, 6) is 0.761. The second-order valence-corrected chi connectivity index (χ2v) is 6.45. The van der Waals surface area contributed by atoms with Gasteiger partial charge in [0.15, 0.2) is 0 Å². The van der Waals surface area contributed by atoms with E-state index in [0.717, 1.165) is 18.0 Å². The van der Waals surface area contributed by atoms with Crippen LogP contribution in [-0.2, 0) is 6.42 Å². The van der Waals surface area contributed by atoms with Crippen molar-refractivity contribution in [3.05, 3.63) is 78.2 Å². The number of aromatic nitrogens is 2. The summed E-state index contributed by atoms with van der Waals surface area (Å²) in [6, 6.07) is 17.5. The van der Waals surface area contributed by atoms with Crippen molar-refractivity contribution < 1.29 is 0 Å². The Kier molecular flexibility index (Phi) is 3.74. The van der Waals surface area contributed by atoms with Crippen LogP contribution in [0.5, 0.6) is 0 Å². The van der Waals surface area contributed by atoms with Crippen molar-refractivity contribution in [1.82, 2.24) is 9.55 Å². The lowest BCUT2D eigenvalue weighted by molar-refractivity contribution is 0.520. The third kappa shape index (κ3) is 2.94. The van der Waals surface area contributed by atoms with Crippen molar-refractivity contribution >= 4 is 0 Å². The van der Waals surface area contributed by atoms with Crippen molar-refractivity contribution in [1.29, 1.82) is 0 Å². The van der Waals surface area contributed by atoms with Gasteiger partial charge in [0.05, 0.1) is 11.7 Å². The summed E-state index contributed by atoms with van der Waals surface area (Å²) in [4.78, 5) is 4.72. The number of rotatable bonds is 5. The zero-order chi connectivity index (χ0) is 15.6. The lowest BCUT2D eigenvalue weighted by Crippen LogP contribution is -2.11. The zero-order valence-electron chi connectivity index (χ0n) is 13.5. The molecule has 116 valence electrons. The number of hydrogen-bond donors (Lipinski definition) is 0. The molecule has 0 bridgehead atoms. The fraction of sp³-hybridized carbons (Fsp3) is 0.286. The highest BCUT2D eigenvalue weighted by Crippen LogP contribution is 2.43. The standard InChI is InChI=1S/C21H22N2/c1-2-16-12-13-23(15-16)21(18-8-9-18)19-10-11-20(22-14-19)17-6-4-3-5-7-17/h3-7,10-15,18,21H,2,8-9H2,1H3. The van der Waals surface area contributed by atoms with E-state index in [1.807, 2.05) is 6.07 Å². The van der Waals surface area contributed by atoms with Crippen LogP contribution >= 0.6 is 0 Å². The Hall–Kier alpha value is -2.35. The van der Waals surface area contributed by atoms with E-state index in [1.54, 1.807) is 0 Å². The van der Waals surface area contributed by atoms with Crippen LogP contribution in [0.4, 0.5) is 0 Å². The summed E-state index contributed by atoms with van der Waals surface area (Å²) in [6.07, 6.45) is 10.3. The van der Waals surface area contributed by atoms with E-state index in [9.17, 15) is 0 Å². The van der Waals surface area contributed by atoms with Gasteiger partial charge in [-0.15, -0.1) is 0 Å². The van der Waals surface area contributed by atoms with E-state index in [1.165, 1.54) is 29.5 Å². The monoisotopic (exact) mass is 302 g/mol. The molecule has 1 aromatic carbocycles. The molecule has 1 atom stereocenters. The first kappa shape index (κ1) is 14.3. The SMILES string of the molecule is CCc1ccn(C(c2ccc(-c3ccccc3)nc2)C2CC2)c1. The molecule has 4 rings (SSSR count). The van der Waals surface area contributed by atoms with Crippen molar-refractivity contribution in [3.63, 3.8) is 0 Å². The normalized spacial score (nSPS) is 15.5. The van der Waals surface area contributed by atoms with Crippen molar-refractivity contribution in [3.8, 4) is 11.3 Å². The molecule has 1 aliphatic carbocycles. The van der Waals surface area contributed by atoms with Crippen LogP contribution in [-0.4, -0.2) is 9.55 Å². The first-order chi connectivity index (χ1) is 11.3.